The van der Waals surface area contributed by atoms with Gasteiger partial charge in [0.1, 0.15) is 0 Å². The van der Waals surface area contributed by atoms with Gasteiger partial charge in [-0.1, -0.05) is 13.8 Å². The number of nitrogens with two attached hydrogens (primary N) is 1. The highest BCUT2D eigenvalue weighted by atomic mass is 32.2. The Bertz CT molecular complexity index is 517. The van der Waals surface area contributed by atoms with Crippen LogP contribution in [0.25, 0.3) is 0 Å². The summed E-state index contributed by atoms with van der Waals surface area (Å²) >= 11 is 0. The fourth-order valence-electron chi connectivity index (χ4n) is 1.48. The fraction of sp³-hybridized carbons (Fsp3) is 0.500. The molecule has 6 nitrogen and oxygen atoms in total. The molecule has 0 saturated heterocycles. The van der Waals surface area contributed by atoms with Gasteiger partial charge >= 0.3 is 0 Å². The minimum absolute atomic E-state index is 0.0578. The van der Waals surface area contributed by atoms with Gasteiger partial charge in [0.2, 0.25) is 10.0 Å². The molecule has 0 aliphatic heterocycles. The first kappa shape index (κ1) is 15.7. The summed E-state index contributed by atoms with van der Waals surface area (Å²) in [5.41, 5.74) is 6.82. The van der Waals surface area contributed by atoms with E-state index in [4.69, 9.17) is 10.8 Å². The Morgan fingerprint density at radius 3 is 2.68 bits per heavy atom. The van der Waals surface area contributed by atoms with E-state index in [0.717, 1.165) is 0 Å². The van der Waals surface area contributed by atoms with Crippen molar-refractivity contribution in [2.24, 2.45) is 5.92 Å². The largest absolute Gasteiger partial charge is 0.397 e. The average molecular weight is 287 g/mol. The summed E-state index contributed by atoms with van der Waals surface area (Å²) in [6, 6.07) is 4.52. The third-order valence-electron chi connectivity index (χ3n) is 2.62. The number of rotatable bonds is 7. The maximum Gasteiger partial charge on any atom is 0.240 e. The number of nitrogen functional groups attached to an aromatic ring is 1. The van der Waals surface area contributed by atoms with Crippen LogP contribution in [0.15, 0.2) is 23.1 Å². The molecule has 1 aromatic rings. The Hall–Kier alpha value is -1.31. The zero-order valence-electron chi connectivity index (χ0n) is 11.2. The van der Waals surface area contributed by atoms with Crippen molar-refractivity contribution in [3.63, 3.8) is 0 Å². The van der Waals surface area contributed by atoms with E-state index in [9.17, 15) is 8.42 Å². The lowest BCUT2D eigenvalue weighted by Crippen LogP contribution is -2.23. The van der Waals surface area contributed by atoms with Crippen molar-refractivity contribution in [2.75, 3.05) is 30.7 Å². The molecule has 0 amide bonds. The summed E-state index contributed by atoms with van der Waals surface area (Å²) in [5, 5.41) is 12.0. The van der Waals surface area contributed by atoms with Crippen LogP contribution in [0.2, 0.25) is 0 Å². The minimum Gasteiger partial charge on any atom is -0.397 e. The van der Waals surface area contributed by atoms with Crippen LogP contribution in [0.5, 0.6) is 0 Å². The number of aliphatic hydroxyl groups excluding tert-OH is 1. The molecule has 1 aromatic carbocycles. The van der Waals surface area contributed by atoms with Crippen molar-refractivity contribution < 1.29 is 13.5 Å². The lowest BCUT2D eigenvalue weighted by Gasteiger charge is -2.14. The fourth-order valence-corrected chi connectivity index (χ4v) is 2.54. The predicted molar refractivity (Wildman–Crippen MR) is 76.5 cm³/mol. The lowest BCUT2D eigenvalue weighted by atomic mass is 10.2. The maximum absolute atomic E-state index is 11.9. The topological polar surface area (TPSA) is 104 Å². The lowest BCUT2D eigenvalue weighted by molar-refractivity contribution is 0.244. The Balaban J connectivity index is 2.94. The SMILES string of the molecule is CCNS(=O)(=O)c1ccc(N)c(NCC(C)CO)c1. The first-order chi connectivity index (χ1) is 8.90. The van der Waals surface area contributed by atoms with Crippen molar-refractivity contribution in [2.45, 2.75) is 18.7 Å². The second kappa shape index (κ2) is 6.74. The van der Waals surface area contributed by atoms with Crippen molar-refractivity contribution in [1.82, 2.24) is 4.72 Å². The van der Waals surface area contributed by atoms with Crippen LogP contribution < -0.4 is 15.8 Å². The number of sulfonamides is 1. The molecule has 0 aromatic heterocycles. The molecule has 1 unspecified atom stereocenters. The van der Waals surface area contributed by atoms with Crippen LogP contribution in [0, 0.1) is 5.92 Å². The van der Waals surface area contributed by atoms with Crippen molar-refractivity contribution in [3.05, 3.63) is 18.2 Å². The van der Waals surface area contributed by atoms with Gasteiger partial charge in [0, 0.05) is 19.7 Å². The van der Waals surface area contributed by atoms with E-state index in [1.807, 2.05) is 6.92 Å². The number of hydrogen-bond donors (Lipinski definition) is 4. The number of nitrogens with one attached hydrogen (secondary N) is 2. The van der Waals surface area contributed by atoms with Crippen molar-refractivity contribution >= 4 is 21.4 Å². The Kier molecular flexibility index (Phi) is 5.59. The zero-order valence-corrected chi connectivity index (χ0v) is 12.0. The Morgan fingerprint density at radius 2 is 2.11 bits per heavy atom. The summed E-state index contributed by atoms with van der Waals surface area (Å²) < 4.78 is 26.2. The monoisotopic (exact) mass is 287 g/mol. The highest BCUT2D eigenvalue weighted by Gasteiger charge is 2.14. The molecule has 5 N–H and O–H groups in total. The Morgan fingerprint density at radius 1 is 1.42 bits per heavy atom. The van der Waals surface area contributed by atoms with Crippen LogP contribution in [-0.4, -0.2) is 33.2 Å². The molecular weight excluding hydrogens is 266 g/mol. The van der Waals surface area contributed by atoms with Gasteiger partial charge in [-0.3, -0.25) is 0 Å². The minimum atomic E-state index is -3.49. The molecule has 108 valence electrons. The van der Waals surface area contributed by atoms with Crippen LogP contribution >= 0.6 is 0 Å². The van der Waals surface area contributed by atoms with E-state index in [-0.39, 0.29) is 17.4 Å². The number of anilines is 2. The average Bonchev–Trinajstić information content (AvgIpc) is 2.37. The van der Waals surface area contributed by atoms with Crippen molar-refractivity contribution in [3.8, 4) is 0 Å². The molecule has 0 aliphatic rings. The summed E-state index contributed by atoms with van der Waals surface area (Å²) in [7, 11) is -3.49. The van der Waals surface area contributed by atoms with Gasteiger partial charge in [0.15, 0.2) is 0 Å². The highest BCUT2D eigenvalue weighted by molar-refractivity contribution is 7.89. The van der Waals surface area contributed by atoms with E-state index in [2.05, 4.69) is 10.0 Å². The van der Waals surface area contributed by atoms with Crippen LogP contribution in [0.4, 0.5) is 11.4 Å². The number of hydrogen-bond acceptors (Lipinski definition) is 5. The van der Waals surface area contributed by atoms with Gasteiger partial charge in [0.25, 0.3) is 0 Å². The third kappa shape index (κ3) is 4.38. The zero-order chi connectivity index (χ0) is 14.5. The van der Waals surface area contributed by atoms with Crippen LogP contribution in [-0.2, 0) is 10.0 Å². The van der Waals surface area contributed by atoms with Crippen LogP contribution in [0.1, 0.15) is 13.8 Å². The van der Waals surface area contributed by atoms with E-state index in [1.165, 1.54) is 12.1 Å². The molecule has 0 spiro atoms. The molecule has 0 aliphatic carbocycles. The molecule has 0 radical (unpaired) electrons. The molecule has 1 rings (SSSR count). The van der Waals surface area contributed by atoms with Crippen LogP contribution in [0.3, 0.4) is 0 Å². The number of aliphatic hydroxyl groups is 1. The van der Waals surface area contributed by atoms with Gasteiger partial charge in [0.05, 0.1) is 16.3 Å². The van der Waals surface area contributed by atoms with Gasteiger partial charge in [-0.05, 0) is 24.1 Å². The van der Waals surface area contributed by atoms with Gasteiger partial charge in [-0.15, -0.1) is 0 Å². The molecule has 0 saturated carbocycles. The molecular formula is C12H21N3O3S. The standard InChI is InChI=1S/C12H21N3O3S/c1-3-15-19(17,18)10-4-5-11(13)12(6-10)14-7-9(2)8-16/h4-6,9,14-16H,3,7-8,13H2,1-2H3. The number of benzene rings is 1. The van der Waals surface area contributed by atoms with E-state index < -0.39 is 10.0 Å². The molecule has 19 heavy (non-hydrogen) atoms. The van der Waals surface area contributed by atoms with E-state index in [1.54, 1.807) is 13.0 Å². The molecule has 1 atom stereocenters. The smallest absolute Gasteiger partial charge is 0.240 e. The molecule has 0 heterocycles. The Labute approximate surface area is 114 Å². The molecule has 7 heteroatoms. The summed E-state index contributed by atoms with van der Waals surface area (Å²) in [5.74, 6) is 0.0634. The normalized spacial score (nSPS) is 13.2. The maximum atomic E-state index is 11.9. The second-order valence-electron chi connectivity index (χ2n) is 4.42. The molecule has 0 bridgehead atoms. The van der Waals surface area contributed by atoms with Gasteiger partial charge in [-0.2, -0.15) is 0 Å². The first-order valence-corrected chi connectivity index (χ1v) is 7.63. The summed E-state index contributed by atoms with van der Waals surface area (Å²) in [6.45, 7) is 4.50. The van der Waals surface area contributed by atoms with E-state index >= 15 is 0 Å². The summed E-state index contributed by atoms with van der Waals surface area (Å²) in [4.78, 5) is 0.169. The first-order valence-electron chi connectivity index (χ1n) is 6.14. The van der Waals surface area contributed by atoms with Crippen molar-refractivity contribution in [1.29, 1.82) is 0 Å². The predicted octanol–water partition coefficient (Wildman–Crippen LogP) is 0.607. The quantitative estimate of drug-likeness (QED) is 0.550. The second-order valence-corrected chi connectivity index (χ2v) is 6.19. The highest BCUT2D eigenvalue weighted by Crippen LogP contribution is 2.23. The van der Waals surface area contributed by atoms with Gasteiger partial charge < -0.3 is 16.2 Å². The summed E-state index contributed by atoms with van der Waals surface area (Å²) in [6.07, 6.45) is 0. The third-order valence-corrected chi connectivity index (χ3v) is 4.17. The molecule has 0 fully saturated rings. The van der Waals surface area contributed by atoms with E-state index in [0.29, 0.717) is 24.5 Å². The van der Waals surface area contributed by atoms with Gasteiger partial charge in [-0.25, -0.2) is 13.1 Å².